The van der Waals surface area contributed by atoms with Gasteiger partial charge in [-0.25, -0.2) is 18.1 Å². The Morgan fingerprint density at radius 1 is 1.20 bits per heavy atom. The first-order chi connectivity index (χ1) is 14.4. The molecule has 1 fully saturated rings. The topological polar surface area (TPSA) is 97.2 Å². The van der Waals surface area contributed by atoms with Crippen LogP contribution in [0.3, 0.4) is 0 Å². The number of rotatable bonds is 7. The van der Waals surface area contributed by atoms with Crippen molar-refractivity contribution in [2.24, 2.45) is 0 Å². The zero-order valence-electron chi connectivity index (χ0n) is 16.6. The van der Waals surface area contributed by atoms with E-state index < -0.39 is 16.1 Å². The number of aryl methyl sites for hydroxylation is 1. The number of carbonyl (C=O) groups excluding carboxylic acids is 1. The van der Waals surface area contributed by atoms with Gasteiger partial charge in [-0.1, -0.05) is 24.3 Å². The van der Waals surface area contributed by atoms with Crippen LogP contribution in [-0.2, 0) is 27.9 Å². The van der Waals surface area contributed by atoms with Gasteiger partial charge < -0.3 is 5.32 Å². The lowest BCUT2D eigenvalue weighted by Gasteiger charge is -2.22. The Bertz CT molecular complexity index is 1110. The van der Waals surface area contributed by atoms with Gasteiger partial charge in [-0.3, -0.25) is 4.79 Å². The molecule has 0 aliphatic carbocycles. The number of hydrogen-bond donors (Lipinski definition) is 1. The van der Waals surface area contributed by atoms with Crippen LogP contribution in [0.15, 0.2) is 53.3 Å². The number of thiophene rings is 1. The van der Waals surface area contributed by atoms with Crippen molar-refractivity contribution in [3.63, 3.8) is 0 Å². The normalized spacial score (nSPS) is 17.3. The SMILES string of the molecule is Cc1ccc(S(=O)(=O)N2CCC[C@@H]2C(=O)NCc2ccc(Cn3cncn3)cc2)s1. The minimum atomic E-state index is -3.65. The van der Waals surface area contributed by atoms with E-state index in [2.05, 4.69) is 15.4 Å². The maximum absolute atomic E-state index is 12.9. The van der Waals surface area contributed by atoms with Crippen molar-refractivity contribution in [3.8, 4) is 0 Å². The minimum Gasteiger partial charge on any atom is -0.351 e. The van der Waals surface area contributed by atoms with Gasteiger partial charge >= 0.3 is 0 Å². The Morgan fingerprint density at radius 3 is 2.63 bits per heavy atom. The summed E-state index contributed by atoms with van der Waals surface area (Å²) in [5, 5.41) is 6.98. The van der Waals surface area contributed by atoms with Crippen LogP contribution in [0, 0.1) is 6.92 Å². The molecule has 1 atom stereocenters. The molecule has 1 N–H and O–H groups in total. The number of carbonyl (C=O) groups is 1. The molecule has 0 unspecified atom stereocenters. The predicted molar refractivity (Wildman–Crippen MR) is 113 cm³/mol. The van der Waals surface area contributed by atoms with E-state index in [9.17, 15) is 13.2 Å². The highest BCUT2D eigenvalue weighted by molar-refractivity contribution is 7.91. The van der Waals surface area contributed by atoms with Crippen molar-refractivity contribution < 1.29 is 13.2 Å². The van der Waals surface area contributed by atoms with E-state index >= 15 is 0 Å². The molecule has 1 aliphatic rings. The van der Waals surface area contributed by atoms with Crippen LogP contribution in [0.4, 0.5) is 0 Å². The molecule has 0 radical (unpaired) electrons. The van der Waals surface area contributed by atoms with Gasteiger partial charge in [0.05, 0.1) is 6.54 Å². The van der Waals surface area contributed by atoms with Gasteiger partial charge in [0.2, 0.25) is 5.91 Å². The summed E-state index contributed by atoms with van der Waals surface area (Å²) in [4.78, 5) is 17.6. The Balaban J connectivity index is 1.37. The average molecular weight is 446 g/mol. The summed E-state index contributed by atoms with van der Waals surface area (Å²) < 4.78 is 29.3. The summed E-state index contributed by atoms with van der Waals surface area (Å²) in [6.45, 7) is 3.22. The summed E-state index contributed by atoms with van der Waals surface area (Å²) in [6, 6.07) is 10.6. The zero-order valence-corrected chi connectivity index (χ0v) is 18.2. The monoisotopic (exact) mass is 445 g/mol. The van der Waals surface area contributed by atoms with Crippen molar-refractivity contribution in [3.05, 3.63) is 65.1 Å². The van der Waals surface area contributed by atoms with Gasteiger partial charge in [-0.15, -0.1) is 11.3 Å². The van der Waals surface area contributed by atoms with Crippen molar-refractivity contribution >= 4 is 27.3 Å². The third-order valence-electron chi connectivity index (χ3n) is 5.09. The van der Waals surface area contributed by atoms with E-state index in [0.29, 0.717) is 36.7 Å². The van der Waals surface area contributed by atoms with Crippen molar-refractivity contribution in [2.75, 3.05) is 6.54 Å². The second-order valence-corrected chi connectivity index (χ2v) is 10.7. The van der Waals surface area contributed by atoms with Crippen LogP contribution < -0.4 is 5.32 Å². The number of benzene rings is 1. The van der Waals surface area contributed by atoms with Gasteiger partial charge in [0.15, 0.2) is 0 Å². The average Bonchev–Trinajstić information content (AvgIpc) is 3.49. The second kappa shape index (κ2) is 8.66. The molecule has 1 aliphatic heterocycles. The van der Waals surface area contributed by atoms with Crippen LogP contribution in [0.5, 0.6) is 0 Å². The molecule has 1 aromatic carbocycles. The highest BCUT2D eigenvalue weighted by Crippen LogP contribution is 2.30. The number of sulfonamides is 1. The lowest BCUT2D eigenvalue weighted by molar-refractivity contribution is -0.124. The molecule has 3 aromatic rings. The summed E-state index contributed by atoms with van der Waals surface area (Å²) >= 11 is 1.24. The standard InChI is InChI=1S/C20H23N5O3S2/c1-15-4-9-19(29-15)30(27,28)25-10-2-3-18(25)20(26)22-11-16-5-7-17(8-6-16)12-24-14-21-13-23-24/h4-9,13-14,18H,2-3,10-12H2,1H3,(H,22,26)/t18-/m1/s1. The molecule has 0 bridgehead atoms. The van der Waals surface area contributed by atoms with Crippen LogP contribution >= 0.6 is 11.3 Å². The molecule has 1 amide bonds. The number of amides is 1. The van der Waals surface area contributed by atoms with E-state index in [1.807, 2.05) is 31.2 Å². The quantitative estimate of drug-likeness (QED) is 0.601. The molecule has 4 rings (SSSR count). The largest absolute Gasteiger partial charge is 0.351 e. The Labute approximate surface area is 179 Å². The summed E-state index contributed by atoms with van der Waals surface area (Å²) in [5.41, 5.74) is 2.03. The molecule has 8 nitrogen and oxygen atoms in total. The van der Waals surface area contributed by atoms with Crippen LogP contribution in [0.25, 0.3) is 0 Å². The molecular formula is C20H23N5O3S2. The second-order valence-electron chi connectivity index (χ2n) is 7.27. The molecule has 0 spiro atoms. The van der Waals surface area contributed by atoms with Gasteiger partial charge in [0.1, 0.15) is 22.9 Å². The number of nitrogens with one attached hydrogen (secondary N) is 1. The Morgan fingerprint density at radius 2 is 1.97 bits per heavy atom. The molecule has 2 aromatic heterocycles. The lowest BCUT2D eigenvalue weighted by Crippen LogP contribution is -2.45. The molecule has 10 heteroatoms. The highest BCUT2D eigenvalue weighted by atomic mass is 32.2. The summed E-state index contributed by atoms with van der Waals surface area (Å²) in [6.07, 6.45) is 4.37. The zero-order chi connectivity index (χ0) is 21.1. The maximum Gasteiger partial charge on any atom is 0.253 e. The third kappa shape index (κ3) is 4.45. The van der Waals surface area contributed by atoms with Gasteiger partial charge in [0, 0.05) is 18.0 Å². The molecule has 0 saturated carbocycles. The van der Waals surface area contributed by atoms with E-state index in [1.54, 1.807) is 23.1 Å². The van der Waals surface area contributed by atoms with Crippen LogP contribution in [0.1, 0.15) is 28.8 Å². The van der Waals surface area contributed by atoms with E-state index in [4.69, 9.17) is 0 Å². The fourth-order valence-corrected chi connectivity index (χ4v) is 6.60. The first-order valence-electron chi connectivity index (χ1n) is 9.70. The van der Waals surface area contributed by atoms with Gasteiger partial charge in [-0.2, -0.15) is 9.40 Å². The number of aromatic nitrogens is 3. The van der Waals surface area contributed by atoms with Crippen LogP contribution in [-0.4, -0.2) is 46.0 Å². The minimum absolute atomic E-state index is 0.254. The summed E-state index contributed by atoms with van der Waals surface area (Å²) in [7, 11) is -3.65. The van der Waals surface area contributed by atoms with Crippen molar-refractivity contribution in [2.45, 2.75) is 43.1 Å². The Kier molecular flexibility index (Phi) is 5.98. The van der Waals surface area contributed by atoms with E-state index in [-0.39, 0.29) is 5.91 Å². The maximum atomic E-state index is 12.9. The number of hydrogen-bond acceptors (Lipinski definition) is 6. The lowest BCUT2D eigenvalue weighted by atomic mass is 10.1. The van der Waals surface area contributed by atoms with Gasteiger partial charge in [0.25, 0.3) is 10.0 Å². The first-order valence-corrected chi connectivity index (χ1v) is 12.0. The Hall–Kier alpha value is -2.56. The summed E-state index contributed by atoms with van der Waals surface area (Å²) in [5.74, 6) is -0.254. The molecule has 30 heavy (non-hydrogen) atoms. The highest BCUT2D eigenvalue weighted by Gasteiger charge is 2.39. The predicted octanol–water partition coefficient (Wildman–Crippen LogP) is 2.17. The third-order valence-corrected chi connectivity index (χ3v) is 8.46. The van der Waals surface area contributed by atoms with Crippen molar-refractivity contribution in [1.29, 1.82) is 0 Å². The fourth-order valence-electron chi connectivity index (χ4n) is 3.53. The van der Waals surface area contributed by atoms with Gasteiger partial charge in [-0.05, 0) is 43.0 Å². The smallest absolute Gasteiger partial charge is 0.253 e. The van der Waals surface area contributed by atoms with Crippen molar-refractivity contribution in [1.82, 2.24) is 24.4 Å². The molecule has 1 saturated heterocycles. The molecule has 3 heterocycles. The molecule has 158 valence electrons. The fraction of sp³-hybridized carbons (Fsp3) is 0.350. The van der Waals surface area contributed by atoms with Crippen LogP contribution in [0.2, 0.25) is 0 Å². The molecular weight excluding hydrogens is 422 g/mol. The number of nitrogens with zero attached hydrogens (tertiary/aromatic N) is 4. The first kappa shape index (κ1) is 20.7. The van der Waals surface area contributed by atoms with E-state index in [0.717, 1.165) is 16.0 Å². The van der Waals surface area contributed by atoms with E-state index in [1.165, 1.54) is 22.0 Å².